The van der Waals surface area contributed by atoms with Gasteiger partial charge in [-0.25, -0.2) is 4.39 Å². The normalized spacial score (nSPS) is 20.9. The molecule has 0 radical (unpaired) electrons. The fourth-order valence-corrected chi connectivity index (χ4v) is 2.40. The Morgan fingerprint density at radius 3 is 2.50 bits per heavy atom. The molecule has 1 atom stereocenters. The molecule has 0 spiro atoms. The highest BCUT2D eigenvalue weighted by Crippen LogP contribution is 2.33. The number of piperidine rings is 1. The minimum Gasteiger partial charge on any atom is -0.295 e. The zero-order valence-corrected chi connectivity index (χ0v) is 10.8. The van der Waals surface area contributed by atoms with Gasteiger partial charge in [0, 0.05) is 12.1 Å². The van der Waals surface area contributed by atoms with Crippen LogP contribution in [0.4, 0.5) is 17.6 Å². The number of hydrogen-bond donors (Lipinski definition) is 0. The number of carbonyl (C=O) groups excluding carboxylic acids is 1. The summed E-state index contributed by atoms with van der Waals surface area (Å²) in [6.07, 6.45) is -3.66. The Bertz CT molecular complexity index is 469. The summed E-state index contributed by atoms with van der Waals surface area (Å²) in [5.74, 6) is -2.10. The standard InChI is InChI=1S/C14H15F4NO/c15-12-5-3-10(4-6-12)13(20)9-19-7-1-2-11(8-19)14(16,17)18/h3-6,11H,1-2,7-9H2. The second-order valence-electron chi connectivity index (χ2n) is 5.05. The van der Waals surface area contributed by atoms with Crippen molar-refractivity contribution in [2.75, 3.05) is 19.6 Å². The first-order valence-electron chi connectivity index (χ1n) is 6.44. The van der Waals surface area contributed by atoms with Gasteiger partial charge in [-0.1, -0.05) is 0 Å². The van der Waals surface area contributed by atoms with E-state index in [1.807, 2.05) is 0 Å². The lowest BCUT2D eigenvalue weighted by atomic mass is 9.97. The van der Waals surface area contributed by atoms with Crippen molar-refractivity contribution >= 4 is 5.78 Å². The summed E-state index contributed by atoms with van der Waals surface area (Å²) in [5, 5.41) is 0. The molecule has 1 saturated heterocycles. The van der Waals surface area contributed by atoms with Crippen LogP contribution in [-0.2, 0) is 0 Å². The first kappa shape index (κ1) is 15.0. The number of nitrogens with zero attached hydrogens (tertiary/aromatic N) is 1. The molecule has 0 N–H and O–H groups in total. The van der Waals surface area contributed by atoms with Gasteiger partial charge < -0.3 is 0 Å². The predicted molar refractivity (Wildman–Crippen MR) is 65.9 cm³/mol. The molecule has 0 saturated carbocycles. The maximum absolute atomic E-state index is 12.7. The van der Waals surface area contributed by atoms with Crippen LogP contribution in [0.15, 0.2) is 24.3 Å². The Morgan fingerprint density at radius 2 is 1.90 bits per heavy atom. The van der Waals surface area contributed by atoms with E-state index in [2.05, 4.69) is 0 Å². The summed E-state index contributed by atoms with van der Waals surface area (Å²) in [4.78, 5) is 13.5. The lowest BCUT2D eigenvalue weighted by molar-refractivity contribution is -0.186. The number of rotatable bonds is 3. The van der Waals surface area contributed by atoms with Gasteiger partial charge in [0.05, 0.1) is 12.5 Å². The van der Waals surface area contributed by atoms with Gasteiger partial charge in [-0.15, -0.1) is 0 Å². The van der Waals surface area contributed by atoms with E-state index in [1.165, 1.54) is 29.2 Å². The molecule has 1 aliphatic rings. The molecular formula is C14H15F4NO. The number of hydrogen-bond acceptors (Lipinski definition) is 2. The topological polar surface area (TPSA) is 20.3 Å². The molecule has 1 aromatic carbocycles. The second-order valence-corrected chi connectivity index (χ2v) is 5.05. The fraction of sp³-hybridized carbons (Fsp3) is 0.500. The molecule has 6 heteroatoms. The van der Waals surface area contributed by atoms with Crippen molar-refractivity contribution in [3.05, 3.63) is 35.6 Å². The molecule has 0 aromatic heterocycles. The number of alkyl halides is 3. The van der Waals surface area contributed by atoms with Crippen molar-refractivity contribution in [2.24, 2.45) is 5.92 Å². The van der Waals surface area contributed by atoms with Crippen molar-refractivity contribution in [1.82, 2.24) is 4.90 Å². The Kier molecular flexibility index (Phi) is 4.42. The third kappa shape index (κ3) is 3.79. The van der Waals surface area contributed by atoms with Crippen LogP contribution >= 0.6 is 0 Å². The molecule has 0 bridgehead atoms. The van der Waals surface area contributed by atoms with Crippen molar-refractivity contribution in [1.29, 1.82) is 0 Å². The smallest absolute Gasteiger partial charge is 0.295 e. The van der Waals surface area contributed by atoms with Gasteiger partial charge in [0.25, 0.3) is 0 Å². The lowest BCUT2D eigenvalue weighted by Crippen LogP contribution is -2.43. The molecule has 110 valence electrons. The highest BCUT2D eigenvalue weighted by molar-refractivity contribution is 5.97. The largest absolute Gasteiger partial charge is 0.393 e. The Morgan fingerprint density at radius 1 is 1.25 bits per heavy atom. The second kappa shape index (κ2) is 5.91. The molecule has 20 heavy (non-hydrogen) atoms. The van der Waals surface area contributed by atoms with Crippen LogP contribution in [0.2, 0.25) is 0 Å². The molecule has 1 heterocycles. The summed E-state index contributed by atoms with van der Waals surface area (Å²) in [5.41, 5.74) is 0.320. The number of benzene rings is 1. The van der Waals surface area contributed by atoms with Crippen LogP contribution in [0.5, 0.6) is 0 Å². The van der Waals surface area contributed by atoms with E-state index in [-0.39, 0.29) is 25.3 Å². The summed E-state index contributed by atoms with van der Waals surface area (Å²) in [6, 6.07) is 5.04. The molecule has 0 aliphatic carbocycles. The van der Waals surface area contributed by atoms with E-state index >= 15 is 0 Å². The molecule has 0 amide bonds. The average molecular weight is 289 g/mol. The molecule has 1 aromatic rings. The highest BCUT2D eigenvalue weighted by atomic mass is 19.4. The van der Waals surface area contributed by atoms with Crippen LogP contribution in [-0.4, -0.2) is 36.5 Å². The number of Topliss-reactive ketones (excluding diaryl/α,β-unsaturated/α-hetero) is 1. The molecule has 2 rings (SSSR count). The highest BCUT2D eigenvalue weighted by Gasteiger charge is 2.41. The number of ketones is 1. The van der Waals surface area contributed by atoms with E-state index in [4.69, 9.17) is 0 Å². The van der Waals surface area contributed by atoms with Gasteiger partial charge in [-0.2, -0.15) is 13.2 Å². The van der Waals surface area contributed by atoms with Crippen molar-refractivity contribution in [3.63, 3.8) is 0 Å². The van der Waals surface area contributed by atoms with Crippen LogP contribution in [0.1, 0.15) is 23.2 Å². The Balaban J connectivity index is 1.96. The van der Waals surface area contributed by atoms with Crippen molar-refractivity contribution in [3.8, 4) is 0 Å². The molecule has 2 nitrogen and oxygen atoms in total. The van der Waals surface area contributed by atoms with E-state index in [0.29, 0.717) is 18.5 Å². The lowest BCUT2D eigenvalue weighted by Gasteiger charge is -2.33. The number of likely N-dealkylation sites (tertiary alicyclic amines) is 1. The Hall–Kier alpha value is -1.43. The Labute approximate surface area is 114 Å². The van der Waals surface area contributed by atoms with Crippen LogP contribution in [0.3, 0.4) is 0 Å². The molecule has 1 fully saturated rings. The van der Waals surface area contributed by atoms with Gasteiger partial charge in [0.15, 0.2) is 5.78 Å². The maximum atomic E-state index is 12.7. The predicted octanol–water partition coefficient (Wildman–Crippen LogP) is 3.28. The number of carbonyl (C=O) groups is 1. The summed E-state index contributed by atoms with van der Waals surface area (Å²) in [7, 11) is 0. The third-order valence-corrected chi connectivity index (χ3v) is 3.50. The van der Waals surface area contributed by atoms with Crippen molar-refractivity contribution < 1.29 is 22.4 Å². The summed E-state index contributed by atoms with van der Waals surface area (Å²) < 4.78 is 50.7. The minimum atomic E-state index is -4.21. The van der Waals surface area contributed by atoms with Gasteiger partial charge >= 0.3 is 6.18 Å². The van der Waals surface area contributed by atoms with Crippen molar-refractivity contribution in [2.45, 2.75) is 19.0 Å². The minimum absolute atomic E-state index is 0.0573. The number of halogens is 4. The summed E-state index contributed by atoms with van der Waals surface area (Å²) in [6.45, 7) is 0.286. The molecular weight excluding hydrogens is 274 g/mol. The third-order valence-electron chi connectivity index (χ3n) is 3.50. The maximum Gasteiger partial charge on any atom is 0.393 e. The molecule has 1 unspecified atom stereocenters. The van der Waals surface area contributed by atoms with E-state index in [1.54, 1.807) is 0 Å². The average Bonchev–Trinajstić information content (AvgIpc) is 2.38. The first-order valence-corrected chi connectivity index (χ1v) is 6.44. The first-order chi connectivity index (χ1) is 9.36. The molecule has 1 aliphatic heterocycles. The van der Waals surface area contributed by atoms with E-state index < -0.39 is 17.9 Å². The monoisotopic (exact) mass is 289 g/mol. The zero-order chi connectivity index (χ0) is 14.8. The van der Waals surface area contributed by atoms with E-state index in [0.717, 1.165) is 0 Å². The quantitative estimate of drug-likeness (QED) is 0.628. The fourth-order valence-electron chi connectivity index (χ4n) is 2.40. The van der Waals surface area contributed by atoms with Gasteiger partial charge in [0.2, 0.25) is 0 Å². The summed E-state index contributed by atoms with van der Waals surface area (Å²) >= 11 is 0. The van der Waals surface area contributed by atoms with E-state index in [9.17, 15) is 22.4 Å². The zero-order valence-electron chi connectivity index (χ0n) is 10.8. The van der Waals surface area contributed by atoms with Crippen LogP contribution in [0, 0.1) is 11.7 Å². The SMILES string of the molecule is O=C(CN1CCCC(C(F)(F)F)C1)c1ccc(F)cc1. The van der Waals surface area contributed by atoms with Gasteiger partial charge in [-0.3, -0.25) is 9.69 Å². The van der Waals surface area contributed by atoms with Crippen LogP contribution in [0.25, 0.3) is 0 Å². The van der Waals surface area contributed by atoms with Gasteiger partial charge in [0.1, 0.15) is 5.82 Å². The van der Waals surface area contributed by atoms with Crippen LogP contribution < -0.4 is 0 Å². The van der Waals surface area contributed by atoms with Gasteiger partial charge in [-0.05, 0) is 43.7 Å².